The zero-order chi connectivity index (χ0) is 18.8. The molecule has 0 saturated carbocycles. The average molecular weight is 398 g/mol. The number of nitrogens with zero attached hydrogens (tertiary/aromatic N) is 1. The van der Waals surface area contributed by atoms with Gasteiger partial charge < -0.3 is 10.6 Å². The highest BCUT2D eigenvalue weighted by atomic mass is 32.2. The lowest BCUT2D eigenvalue weighted by Crippen LogP contribution is -2.30. The quantitative estimate of drug-likeness (QED) is 0.620. The van der Waals surface area contributed by atoms with Crippen molar-refractivity contribution < 1.29 is 9.59 Å². The van der Waals surface area contributed by atoms with Gasteiger partial charge in [0, 0.05) is 23.7 Å². The minimum atomic E-state index is -0.168. The van der Waals surface area contributed by atoms with Gasteiger partial charge in [0.2, 0.25) is 11.8 Å². The molecule has 1 aliphatic heterocycles. The number of para-hydroxylation sites is 1. The van der Waals surface area contributed by atoms with Crippen molar-refractivity contribution in [1.29, 1.82) is 0 Å². The molecule has 7 heteroatoms. The lowest BCUT2D eigenvalue weighted by Gasteiger charge is -2.24. The lowest BCUT2D eigenvalue weighted by molar-refractivity contribution is -0.121. The average Bonchev–Trinajstić information content (AvgIpc) is 3.09. The number of thioether (sulfide) groups is 1. The molecule has 27 heavy (non-hydrogen) atoms. The molecule has 0 radical (unpaired) electrons. The number of hydrogen-bond acceptors (Lipinski definition) is 5. The summed E-state index contributed by atoms with van der Waals surface area (Å²) < 4.78 is 2.07. The molecule has 0 bridgehead atoms. The number of fused-ring (bicyclic) bond motifs is 2. The summed E-state index contributed by atoms with van der Waals surface area (Å²) in [6, 6.07) is 13.6. The molecule has 2 amide bonds. The van der Waals surface area contributed by atoms with Crippen LogP contribution in [0.15, 0.2) is 46.8 Å². The molecule has 0 saturated heterocycles. The van der Waals surface area contributed by atoms with Crippen LogP contribution in [-0.4, -0.2) is 23.1 Å². The zero-order valence-corrected chi connectivity index (χ0v) is 16.5. The maximum atomic E-state index is 12.3. The Bertz CT molecular complexity index is 1020. The molecule has 1 atom stereocenters. The predicted molar refractivity (Wildman–Crippen MR) is 112 cm³/mol. The number of hydrogen-bond donors (Lipinski definition) is 2. The standard InChI is InChI=1S/C20H19N3O2S2/c1-26-20-23-16-8-7-14(11-17(16)27-20)21-18(24)9-6-13-10-12-4-2-3-5-15(12)22-19(13)25/h2-5,7-8,11,13H,6,9-10H2,1H3,(H,21,24)(H,22,25). The molecule has 0 aliphatic carbocycles. The van der Waals surface area contributed by atoms with Gasteiger partial charge in [-0.15, -0.1) is 11.3 Å². The lowest BCUT2D eigenvalue weighted by atomic mass is 9.89. The van der Waals surface area contributed by atoms with E-state index in [4.69, 9.17) is 0 Å². The Morgan fingerprint density at radius 3 is 3.04 bits per heavy atom. The van der Waals surface area contributed by atoms with Crippen LogP contribution in [0.25, 0.3) is 10.2 Å². The first-order valence-electron chi connectivity index (χ1n) is 8.75. The molecular weight excluding hydrogens is 378 g/mol. The first kappa shape index (κ1) is 18.0. The van der Waals surface area contributed by atoms with Crippen molar-refractivity contribution in [2.45, 2.75) is 23.6 Å². The van der Waals surface area contributed by atoms with Crippen LogP contribution in [0.5, 0.6) is 0 Å². The summed E-state index contributed by atoms with van der Waals surface area (Å²) in [6.07, 6.45) is 3.53. The number of amides is 2. The van der Waals surface area contributed by atoms with E-state index >= 15 is 0 Å². The van der Waals surface area contributed by atoms with Crippen LogP contribution in [0.2, 0.25) is 0 Å². The summed E-state index contributed by atoms with van der Waals surface area (Å²) in [4.78, 5) is 29.1. The molecule has 4 rings (SSSR count). The van der Waals surface area contributed by atoms with Crippen molar-refractivity contribution in [2.24, 2.45) is 5.92 Å². The van der Waals surface area contributed by atoms with E-state index in [9.17, 15) is 9.59 Å². The van der Waals surface area contributed by atoms with Gasteiger partial charge in [-0.2, -0.15) is 0 Å². The van der Waals surface area contributed by atoms with Crippen molar-refractivity contribution >= 4 is 56.5 Å². The summed E-state index contributed by atoms with van der Waals surface area (Å²) in [5, 5.41) is 5.87. The smallest absolute Gasteiger partial charge is 0.227 e. The third-order valence-corrected chi connectivity index (χ3v) is 6.66. The van der Waals surface area contributed by atoms with Gasteiger partial charge in [0.25, 0.3) is 0 Å². The van der Waals surface area contributed by atoms with Crippen LogP contribution in [-0.2, 0) is 16.0 Å². The number of carbonyl (C=O) groups excluding carboxylic acids is 2. The molecule has 2 aromatic carbocycles. The van der Waals surface area contributed by atoms with Gasteiger partial charge in [0.1, 0.15) is 0 Å². The van der Waals surface area contributed by atoms with Crippen molar-refractivity contribution in [3.63, 3.8) is 0 Å². The first-order valence-corrected chi connectivity index (χ1v) is 10.8. The molecule has 1 aliphatic rings. The second-order valence-corrected chi connectivity index (χ2v) is 8.58. The van der Waals surface area contributed by atoms with Gasteiger partial charge in [-0.3, -0.25) is 9.59 Å². The van der Waals surface area contributed by atoms with E-state index in [0.29, 0.717) is 19.3 Å². The largest absolute Gasteiger partial charge is 0.326 e. The van der Waals surface area contributed by atoms with Crippen LogP contribution < -0.4 is 10.6 Å². The number of benzene rings is 2. The Hall–Kier alpha value is -2.38. The van der Waals surface area contributed by atoms with E-state index in [-0.39, 0.29) is 17.7 Å². The third-order valence-electron chi connectivity index (χ3n) is 4.66. The number of anilines is 2. The van der Waals surface area contributed by atoms with Gasteiger partial charge >= 0.3 is 0 Å². The van der Waals surface area contributed by atoms with Gasteiger partial charge in [-0.1, -0.05) is 30.0 Å². The molecule has 0 fully saturated rings. The fourth-order valence-electron chi connectivity index (χ4n) is 3.24. The van der Waals surface area contributed by atoms with Crippen LogP contribution in [0.4, 0.5) is 11.4 Å². The van der Waals surface area contributed by atoms with E-state index in [1.165, 1.54) is 0 Å². The fraction of sp³-hybridized carbons (Fsp3) is 0.250. The van der Waals surface area contributed by atoms with Crippen molar-refractivity contribution in [3.8, 4) is 0 Å². The maximum Gasteiger partial charge on any atom is 0.227 e. The van der Waals surface area contributed by atoms with Crippen LogP contribution in [0.3, 0.4) is 0 Å². The Morgan fingerprint density at radius 1 is 1.33 bits per heavy atom. The topological polar surface area (TPSA) is 71.1 Å². The van der Waals surface area contributed by atoms with Crippen molar-refractivity contribution in [2.75, 3.05) is 16.9 Å². The highest BCUT2D eigenvalue weighted by Gasteiger charge is 2.26. The highest BCUT2D eigenvalue weighted by molar-refractivity contribution is 8.00. The second kappa shape index (κ2) is 7.70. The Labute approximate surface area is 165 Å². The van der Waals surface area contributed by atoms with Crippen molar-refractivity contribution in [1.82, 2.24) is 4.98 Å². The van der Waals surface area contributed by atoms with E-state index in [2.05, 4.69) is 15.6 Å². The minimum Gasteiger partial charge on any atom is -0.326 e. The number of carbonyl (C=O) groups is 2. The molecule has 2 heterocycles. The summed E-state index contributed by atoms with van der Waals surface area (Å²) in [7, 11) is 0. The van der Waals surface area contributed by atoms with Gasteiger partial charge in [0.05, 0.1) is 10.2 Å². The third kappa shape index (κ3) is 3.99. The summed E-state index contributed by atoms with van der Waals surface area (Å²) in [5.41, 5.74) is 3.72. The molecule has 2 N–H and O–H groups in total. The van der Waals surface area contributed by atoms with Crippen LogP contribution in [0.1, 0.15) is 18.4 Å². The van der Waals surface area contributed by atoms with Gasteiger partial charge in [-0.25, -0.2) is 4.98 Å². The first-order chi connectivity index (χ1) is 13.1. The van der Waals surface area contributed by atoms with E-state index < -0.39 is 0 Å². The zero-order valence-electron chi connectivity index (χ0n) is 14.8. The second-order valence-electron chi connectivity index (χ2n) is 6.50. The number of rotatable bonds is 5. The highest BCUT2D eigenvalue weighted by Crippen LogP contribution is 2.30. The molecular formula is C20H19N3O2S2. The number of aromatic nitrogens is 1. The molecule has 138 valence electrons. The molecule has 1 unspecified atom stereocenters. The molecule has 5 nitrogen and oxygen atoms in total. The number of thiazole rings is 1. The normalized spacial score (nSPS) is 16.0. The molecule has 1 aromatic heterocycles. The monoisotopic (exact) mass is 397 g/mol. The molecule has 3 aromatic rings. The Balaban J connectivity index is 1.36. The summed E-state index contributed by atoms with van der Waals surface area (Å²) >= 11 is 3.23. The SMILES string of the molecule is CSc1nc2ccc(NC(=O)CCC3Cc4ccccc4NC3=O)cc2s1. The van der Waals surface area contributed by atoms with Crippen LogP contribution in [0, 0.1) is 5.92 Å². The van der Waals surface area contributed by atoms with Gasteiger partial charge in [0.15, 0.2) is 4.34 Å². The van der Waals surface area contributed by atoms with E-state index in [0.717, 1.165) is 31.5 Å². The van der Waals surface area contributed by atoms with E-state index in [1.807, 2.05) is 48.7 Å². The Kier molecular flexibility index (Phi) is 5.13. The summed E-state index contributed by atoms with van der Waals surface area (Å²) in [6.45, 7) is 0. The minimum absolute atomic E-state index is 0.00262. The predicted octanol–water partition coefficient (Wildman–Crippen LogP) is 4.55. The number of nitrogens with one attached hydrogen (secondary N) is 2. The Morgan fingerprint density at radius 2 is 2.19 bits per heavy atom. The van der Waals surface area contributed by atoms with Crippen LogP contribution >= 0.6 is 23.1 Å². The van der Waals surface area contributed by atoms with E-state index in [1.54, 1.807) is 23.1 Å². The van der Waals surface area contributed by atoms with Gasteiger partial charge in [-0.05, 0) is 48.9 Å². The maximum absolute atomic E-state index is 12.3. The fourth-order valence-corrected chi connectivity index (χ4v) is 4.77. The molecule has 0 spiro atoms. The van der Waals surface area contributed by atoms with Crippen molar-refractivity contribution in [3.05, 3.63) is 48.0 Å². The summed E-state index contributed by atoms with van der Waals surface area (Å²) in [5.74, 6) is -0.244.